The smallest absolute Gasteiger partial charge is 0.122 e. The Balaban J connectivity index is 1.66. The van der Waals surface area contributed by atoms with Crippen LogP contribution in [0.25, 0.3) is 0 Å². The van der Waals surface area contributed by atoms with Crippen molar-refractivity contribution >= 4 is 11.8 Å². The van der Waals surface area contributed by atoms with Gasteiger partial charge in [0.2, 0.25) is 0 Å². The second-order valence-electron chi connectivity index (χ2n) is 5.11. The monoisotopic (exact) mass is 286 g/mol. The van der Waals surface area contributed by atoms with Crippen molar-refractivity contribution in [2.45, 2.75) is 24.3 Å². The lowest BCUT2D eigenvalue weighted by Gasteiger charge is -2.12. The number of thioether (sulfide) groups is 1. The summed E-state index contributed by atoms with van der Waals surface area (Å²) in [4.78, 5) is 1.20. The minimum Gasteiger partial charge on any atom is -0.493 e. The number of aliphatic hydroxyl groups is 1. The van der Waals surface area contributed by atoms with Crippen LogP contribution in [0, 0.1) is 6.92 Å². The van der Waals surface area contributed by atoms with Gasteiger partial charge in [-0.3, -0.25) is 0 Å². The summed E-state index contributed by atoms with van der Waals surface area (Å²) >= 11 is 1.69. The van der Waals surface area contributed by atoms with E-state index in [1.54, 1.807) is 11.8 Å². The van der Waals surface area contributed by atoms with Crippen molar-refractivity contribution in [3.63, 3.8) is 0 Å². The predicted molar refractivity (Wildman–Crippen MR) is 82.5 cm³/mol. The number of aryl methyl sites for hydroxylation is 1. The minimum atomic E-state index is -0.439. The fourth-order valence-corrected chi connectivity index (χ4v) is 3.38. The molecule has 0 saturated carbocycles. The molecule has 0 fully saturated rings. The zero-order chi connectivity index (χ0) is 13.9. The van der Waals surface area contributed by atoms with Crippen LogP contribution >= 0.6 is 11.8 Å². The zero-order valence-corrected chi connectivity index (χ0v) is 12.3. The van der Waals surface area contributed by atoms with Gasteiger partial charge in [-0.25, -0.2) is 0 Å². The van der Waals surface area contributed by atoms with Crippen LogP contribution in [0.2, 0.25) is 0 Å². The van der Waals surface area contributed by atoms with Crippen LogP contribution in [0.5, 0.6) is 5.75 Å². The molecule has 1 atom stereocenters. The van der Waals surface area contributed by atoms with Gasteiger partial charge in [-0.15, -0.1) is 11.8 Å². The first-order valence-corrected chi connectivity index (χ1v) is 7.84. The highest BCUT2D eigenvalue weighted by Gasteiger charge is 2.15. The van der Waals surface area contributed by atoms with Gasteiger partial charge in [-0.05, 0) is 42.3 Å². The van der Waals surface area contributed by atoms with Gasteiger partial charge in [0.25, 0.3) is 0 Å². The highest BCUT2D eigenvalue weighted by Crippen LogP contribution is 2.30. The quantitative estimate of drug-likeness (QED) is 0.868. The number of aliphatic hydroxyl groups excluding tert-OH is 1. The zero-order valence-electron chi connectivity index (χ0n) is 11.5. The van der Waals surface area contributed by atoms with Crippen molar-refractivity contribution in [1.29, 1.82) is 0 Å². The average Bonchev–Trinajstić information content (AvgIpc) is 2.92. The van der Waals surface area contributed by atoms with Crippen molar-refractivity contribution < 1.29 is 9.84 Å². The van der Waals surface area contributed by atoms with Crippen LogP contribution in [0.1, 0.15) is 22.8 Å². The Morgan fingerprint density at radius 3 is 3.00 bits per heavy atom. The highest BCUT2D eigenvalue weighted by atomic mass is 32.2. The van der Waals surface area contributed by atoms with Crippen LogP contribution < -0.4 is 4.74 Å². The normalized spacial score (nSPS) is 14.7. The lowest BCUT2D eigenvalue weighted by Crippen LogP contribution is -2.01. The Morgan fingerprint density at radius 1 is 1.25 bits per heavy atom. The third kappa shape index (κ3) is 3.00. The minimum absolute atomic E-state index is 0.439. The molecule has 2 aromatic rings. The van der Waals surface area contributed by atoms with E-state index in [-0.39, 0.29) is 0 Å². The Hall–Kier alpha value is -1.45. The molecule has 2 nitrogen and oxygen atoms in total. The molecule has 20 heavy (non-hydrogen) atoms. The Labute approximate surface area is 123 Å². The van der Waals surface area contributed by atoms with Crippen molar-refractivity contribution in [2.24, 2.45) is 0 Å². The van der Waals surface area contributed by atoms with E-state index in [0.29, 0.717) is 5.75 Å². The van der Waals surface area contributed by atoms with E-state index in [1.165, 1.54) is 16.0 Å². The summed E-state index contributed by atoms with van der Waals surface area (Å²) in [5, 5.41) is 10.3. The standard InChI is InChI=1S/C17H18O2S/c1-12-3-2-4-15(9-12)20-11-16(18)13-5-6-17-14(10-13)7-8-19-17/h2-6,9-10,16,18H,7-8,11H2,1H3. The molecule has 0 aliphatic carbocycles. The molecule has 1 aliphatic rings. The largest absolute Gasteiger partial charge is 0.493 e. The molecule has 0 bridgehead atoms. The van der Waals surface area contributed by atoms with Crippen LogP contribution in [-0.2, 0) is 6.42 Å². The first kappa shape index (κ1) is 13.5. The third-order valence-electron chi connectivity index (χ3n) is 3.50. The van der Waals surface area contributed by atoms with E-state index in [4.69, 9.17) is 4.74 Å². The first-order valence-electron chi connectivity index (χ1n) is 6.85. The van der Waals surface area contributed by atoms with Gasteiger partial charge in [0, 0.05) is 17.1 Å². The number of fused-ring (bicyclic) bond motifs is 1. The summed E-state index contributed by atoms with van der Waals surface area (Å²) in [6.45, 7) is 2.84. The molecule has 104 valence electrons. The maximum atomic E-state index is 10.3. The fraction of sp³-hybridized carbons (Fsp3) is 0.294. The average molecular weight is 286 g/mol. The summed E-state index contributed by atoms with van der Waals surface area (Å²) in [5.41, 5.74) is 3.44. The summed E-state index contributed by atoms with van der Waals surface area (Å²) in [7, 11) is 0. The van der Waals surface area contributed by atoms with E-state index in [0.717, 1.165) is 24.3 Å². The lowest BCUT2D eigenvalue weighted by atomic mass is 10.1. The maximum absolute atomic E-state index is 10.3. The Kier molecular flexibility index (Phi) is 3.99. The van der Waals surface area contributed by atoms with Crippen molar-refractivity contribution in [3.8, 4) is 5.75 Å². The van der Waals surface area contributed by atoms with Crippen molar-refractivity contribution in [3.05, 3.63) is 59.2 Å². The van der Waals surface area contributed by atoms with Gasteiger partial charge >= 0.3 is 0 Å². The van der Waals surface area contributed by atoms with Crippen LogP contribution in [0.15, 0.2) is 47.4 Å². The van der Waals surface area contributed by atoms with E-state index in [2.05, 4.69) is 37.3 Å². The van der Waals surface area contributed by atoms with E-state index in [9.17, 15) is 5.11 Å². The van der Waals surface area contributed by atoms with Crippen LogP contribution in [-0.4, -0.2) is 17.5 Å². The first-order chi connectivity index (χ1) is 9.72. The third-order valence-corrected chi connectivity index (χ3v) is 4.57. The molecular formula is C17H18O2S. The lowest BCUT2D eigenvalue weighted by molar-refractivity contribution is 0.204. The number of rotatable bonds is 4. The Bertz CT molecular complexity index is 610. The van der Waals surface area contributed by atoms with Crippen molar-refractivity contribution in [1.82, 2.24) is 0 Å². The molecule has 3 heteroatoms. The maximum Gasteiger partial charge on any atom is 0.122 e. The van der Waals surface area contributed by atoms with Gasteiger partial charge in [0.15, 0.2) is 0 Å². The van der Waals surface area contributed by atoms with Gasteiger partial charge in [-0.2, -0.15) is 0 Å². The van der Waals surface area contributed by atoms with Gasteiger partial charge in [-0.1, -0.05) is 23.8 Å². The molecule has 0 aromatic heterocycles. The molecule has 0 saturated heterocycles. The van der Waals surface area contributed by atoms with Crippen LogP contribution in [0.3, 0.4) is 0 Å². The van der Waals surface area contributed by atoms with Gasteiger partial charge in [0.05, 0.1) is 12.7 Å². The predicted octanol–water partition coefficient (Wildman–Crippen LogP) is 3.76. The van der Waals surface area contributed by atoms with Crippen LogP contribution in [0.4, 0.5) is 0 Å². The second-order valence-corrected chi connectivity index (χ2v) is 6.20. The second kappa shape index (κ2) is 5.90. The van der Waals surface area contributed by atoms with Gasteiger partial charge in [0.1, 0.15) is 5.75 Å². The molecule has 0 amide bonds. The SMILES string of the molecule is Cc1cccc(SCC(O)c2ccc3c(c2)CCO3)c1. The summed E-state index contributed by atoms with van der Waals surface area (Å²) in [6, 6.07) is 14.4. The van der Waals surface area contributed by atoms with Crippen molar-refractivity contribution in [2.75, 3.05) is 12.4 Å². The summed E-state index contributed by atoms with van der Waals surface area (Å²) < 4.78 is 5.49. The Morgan fingerprint density at radius 2 is 2.15 bits per heavy atom. The topological polar surface area (TPSA) is 29.5 Å². The number of hydrogen-bond acceptors (Lipinski definition) is 3. The molecule has 0 radical (unpaired) electrons. The van der Waals surface area contributed by atoms with E-state index < -0.39 is 6.10 Å². The molecule has 2 aromatic carbocycles. The number of benzene rings is 2. The fourth-order valence-electron chi connectivity index (χ4n) is 2.39. The molecule has 1 heterocycles. The molecule has 1 unspecified atom stereocenters. The van der Waals surface area contributed by atoms with Gasteiger partial charge < -0.3 is 9.84 Å². The molecular weight excluding hydrogens is 268 g/mol. The molecule has 3 rings (SSSR count). The summed E-state index contributed by atoms with van der Waals surface area (Å²) in [6.07, 6.45) is 0.507. The summed E-state index contributed by atoms with van der Waals surface area (Å²) in [5.74, 6) is 1.63. The number of hydrogen-bond donors (Lipinski definition) is 1. The van der Waals surface area contributed by atoms with E-state index >= 15 is 0 Å². The van der Waals surface area contributed by atoms with E-state index in [1.807, 2.05) is 12.1 Å². The number of ether oxygens (including phenoxy) is 1. The molecule has 1 N–H and O–H groups in total. The molecule has 1 aliphatic heterocycles. The highest BCUT2D eigenvalue weighted by molar-refractivity contribution is 7.99. The molecule has 0 spiro atoms.